The molecule has 6 heterocycles. The molecule has 6 bridgehead atoms. The van der Waals surface area contributed by atoms with Crippen LogP contribution in [-0.2, 0) is 38.5 Å². The minimum absolute atomic E-state index is 0.100. The molecule has 2 amide bonds. The van der Waals surface area contributed by atoms with E-state index in [9.17, 15) is 18.8 Å². The molecule has 2 aromatic heterocycles. The van der Waals surface area contributed by atoms with Crippen LogP contribution in [0.2, 0.25) is 0 Å². The lowest BCUT2D eigenvalue weighted by atomic mass is 9.85. The van der Waals surface area contributed by atoms with Crippen molar-refractivity contribution in [2.24, 2.45) is 11.3 Å². The predicted molar refractivity (Wildman–Crippen MR) is 256 cm³/mol. The zero-order valence-electron chi connectivity index (χ0n) is 40.1. The van der Waals surface area contributed by atoms with E-state index in [-0.39, 0.29) is 43.2 Å². The van der Waals surface area contributed by atoms with Crippen LogP contribution in [0.15, 0.2) is 36.4 Å². The molecule has 0 aliphatic carbocycles. The number of carbonyl (C=O) groups excluding carboxylic acids is 3. The number of cyclic esters (lactones) is 1. The van der Waals surface area contributed by atoms with Crippen molar-refractivity contribution in [3.05, 3.63) is 58.4 Å². The fraction of sp³-hybridized carbons (Fsp3) is 0.612. The Kier molecular flexibility index (Phi) is 19.1. The number of benzene rings is 1. The lowest BCUT2D eigenvalue weighted by Crippen LogP contribution is -2.50. The van der Waals surface area contributed by atoms with Crippen molar-refractivity contribution in [2.75, 3.05) is 40.3 Å². The third-order valence-corrected chi connectivity index (χ3v) is 13.4. The molecule has 4 aliphatic rings. The van der Waals surface area contributed by atoms with Gasteiger partial charge in [-0.1, -0.05) is 61.3 Å². The zero-order chi connectivity index (χ0) is 47.4. The first-order chi connectivity index (χ1) is 30.7. The Labute approximate surface area is 384 Å². The number of piperidine rings is 1. The van der Waals surface area contributed by atoms with Crippen molar-refractivity contribution in [3.8, 4) is 11.3 Å². The van der Waals surface area contributed by atoms with E-state index in [2.05, 4.69) is 86.7 Å². The molecule has 3 saturated heterocycles. The maximum absolute atomic E-state index is 16.1. The largest absolute Gasteiger partial charge is 0.463 e. The second kappa shape index (κ2) is 23.5. The quantitative estimate of drug-likeness (QED) is 0.0730. The highest BCUT2D eigenvalue weighted by molar-refractivity contribution is 7.10. The van der Waals surface area contributed by atoms with E-state index in [1.807, 2.05) is 41.9 Å². The SMILES string of the molecule is C=C.CC.CC/C(=C\c1c2c3cc(c(F)cc3n1CC)-c1csc(n1)CC1/C(=[N+]3/CCCC(N3)C(=O)OCC(C)(C)C2)N1C(=O)CC(CC)CC)NC.CNC(=O)C1(F)CCNCC1. The lowest BCUT2D eigenvalue weighted by molar-refractivity contribution is -0.600. The van der Waals surface area contributed by atoms with Gasteiger partial charge in [-0.25, -0.2) is 28.8 Å². The number of hydrazine groups is 1. The monoisotopic (exact) mass is 910 g/mol. The second-order valence-electron chi connectivity index (χ2n) is 17.3. The minimum Gasteiger partial charge on any atom is -0.463 e. The average Bonchev–Trinajstić information content (AvgIpc) is 3.71. The summed E-state index contributed by atoms with van der Waals surface area (Å²) in [5, 5.41) is 12.4. The van der Waals surface area contributed by atoms with Gasteiger partial charge in [0.05, 0.1) is 35.7 Å². The second-order valence-corrected chi connectivity index (χ2v) is 18.2. The molecule has 7 rings (SSSR count). The number of amides is 2. The number of ether oxygens (including phenoxy) is 1. The fourth-order valence-corrected chi connectivity index (χ4v) is 9.62. The molecule has 0 spiro atoms. The van der Waals surface area contributed by atoms with Gasteiger partial charge in [0.25, 0.3) is 5.91 Å². The standard InChI is InChI=1S/C38H52FN6O3S.C7H13FN2O.C2H6.C2H4/c1-8-23(9-2)15-35(46)45-33-19-34-41-30(21-49-34)26-17-25-27(31(16-24(10-3)40-7)43(11-4)32(25)18-28(26)39)20-38(5,6)22-48-37(47)29-13-12-14-44(42-29)36(33)45;1-9-6(11)7(8)2-4-10-5-3-7;2*1-2/h16-18,21,23,29,33,40,42H,8-15,19-20,22H2,1-7H3;10H,2-5H2,1H3,(H,9,11);1-2H3;1-2H2/q+1;;;/b24-16+;;;. The first-order valence-electron chi connectivity index (χ1n) is 23.4. The molecule has 1 aromatic carbocycles. The van der Waals surface area contributed by atoms with Gasteiger partial charge in [-0.3, -0.25) is 4.79 Å². The number of aromatic nitrogens is 2. The van der Waals surface area contributed by atoms with Crippen LogP contribution in [0.1, 0.15) is 123 Å². The number of esters is 1. The first-order valence-corrected chi connectivity index (χ1v) is 24.3. The molecular formula is C49H75F2N8O4S+. The molecule has 0 radical (unpaired) electrons. The number of halogens is 2. The highest BCUT2D eigenvalue weighted by atomic mass is 32.1. The summed E-state index contributed by atoms with van der Waals surface area (Å²) in [7, 11) is 3.39. The number of rotatable bonds is 9. The van der Waals surface area contributed by atoms with Crippen molar-refractivity contribution in [3.63, 3.8) is 0 Å². The molecule has 12 nitrogen and oxygen atoms in total. The molecule has 4 N–H and O–H groups in total. The number of thiazole rings is 1. The molecule has 3 aromatic rings. The summed E-state index contributed by atoms with van der Waals surface area (Å²) in [5.74, 6) is 0.236. The molecule has 15 heteroatoms. The molecule has 0 saturated carbocycles. The van der Waals surface area contributed by atoms with Gasteiger partial charge in [-0.05, 0) is 75.4 Å². The Morgan fingerprint density at radius 1 is 1.11 bits per heavy atom. The minimum atomic E-state index is -1.62. The number of nitrogens with one attached hydrogen (secondary N) is 4. The Bertz CT molecular complexity index is 2130. The van der Waals surface area contributed by atoms with Crippen molar-refractivity contribution < 1.29 is 32.6 Å². The summed E-state index contributed by atoms with van der Waals surface area (Å²) >= 11 is 1.50. The summed E-state index contributed by atoms with van der Waals surface area (Å²) in [5.41, 5.74) is 6.52. The van der Waals surface area contributed by atoms with Crippen molar-refractivity contribution in [1.29, 1.82) is 0 Å². The Morgan fingerprint density at radius 3 is 2.41 bits per heavy atom. The summed E-state index contributed by atoms with van der Waals surface area (Å²) in [4.78, 5) is 45.1. The molecule has 2 unspecified atom stereocenters. The first kappa shape index (κ1) is 52.0. The Balaban J connectivity index is 0.000000515. The number of hydrazone groups is 1. The van der Waals surface area contributed by atoms with Crippen LogP contribution in [0.5, 0.6) is 0 Å². The Morgan fingerprint density at radius 2 is 1.80 bits per heavy atom. The van der Waals surface area contributed by atoms with E-state index in [4.69, 9.17) is 9.72 Å². The molecule has 3 fully saturated rings. The topological polar surface area (TPSA) is 132 Å². The smallest absolute Gasteiger partial charge is 0.332 e. The molecule has 64 heavy (non-hydrogen) atoms. The molecule has 354 valence electrons. The van der Waals surface area contributed by atoms with Crippen molar-refractivity contribution >= 4 is 51.9 Å². The highest BCUT2D eigenvalue weighted by Crippen LogP contribution is 2.39. The van der Waals surface area contributed by atoms with E-state index in [1.165, 1.54) is 18.4 Å². The van der Waals surface area contributed by atoms with E-state index in [1.54, 1.807) is 6.07 Å². The summed E-state index contributed by atoms with van der Waals surface area (Å²) in [6, 6.07) is 2.95. The van der Waals surface area contributed by atoms with Crippen LogP contribution in [0.4, 0.5) is 8.78 Å². The summed E-state index contributed by atoms with van der Waals surface area (Å²) in [6.45, 7) is 25.5. The van der Waals surface area contributed by atoms with Gasteiger partial charge in [-0.2, -0.15) is 9.58 Å². The van der Waals surface area contributed by atoms with Gasteiger partial charge in [0.15, 0.2) is 11.7 Å². The van der Waals surface area contributed by atoms with Crippen LogP contribution in [-0.4, -0.2) is 101 Å². The van der Waals surface area contributed by atoms with E-state index < -0.39 is 23.0 Å². The number of hydrogen-bond acceptors (Lipinski definition) is 9. The van der Waals surface area contributed by atoms with Crippen LogP contribution in [0.3, 0.4) is 0 Å². The molecule has 4 aliphatic heterocycles. The molecular weight excluding hydrogens is 835 g/mol. The number of aryl methyl sites for hydroxylation is 1. The van der Waals surface area contributed by atoms with Gasteiger partial charge in [0.2, 0.25) is 6.04 Å². The van der Waals surface area contributed by atoms with E-state index >= 15 is 4.39 Å². The van der Waals surface area contributed by atoms with Crippen molar-refractivity contribution in [2.45, 2.75) is 144 Å². The summed E-state index contributed by atoms with van der Waals surface area (Å²) < 4.78 is 39.9. The number of hydrogen-bond donors (Lipinski definition) is 4. The van der Waals surface area contributed by atoms with Gasteiger partial charge in [0, 0.05) is 66.6 Å². The number of nitrogens with zero attached hydrogens (tertiary/aromatic N) is 4. The van der Waals surface area contributed by atoms with Crippen LogP contribution >= 0.6 is 11.3 Å². The van der Waals surface area contributed by atoms with Crippen LogP contribution in [0, 0.1) is 17.2 Å². The van der Waals surface area contributed by atoms with Gasteiger partial charge in [-0.15, -0.1) is 24.5 Å². The number of fused-ring (bicyclic) bond motifs is 7. The predicted octanol–water partition coefficient (Wildman–Crippen LogP) is 8.33. The number of carbonyl (C=O) groups is 3. The van der Waals surface area contributed by atoms with Crippen LogP contribution in [0.25, 0.3) is 28.2 Å². The average molecular weight is 910 g/mol. The fourth-order valence-electron chi connectivity index (χ4n) is 8.79. The van der Waals surface area contributed by atoms with Gasteiger partial charge >= 0.3 is 17.7 Å². The zero-order valence-corrected chi connectivity index (χ0v) is 41.0. The molecule has 2 atom stereocenters. The van der Waals surface area contributed by atoms with E-state index in [0.29, 0.717) is 69.0 Å². The number of allylic oxidation sites excluding steroid dienone is 1. The maximum Gasteiger partial charge on any atom is 0.332 e. The maximum atomic E-state index is 16.1. The highest BCUT2D eigenvalue weighted by Gasteiger charge is 2.60. The van der Waals surface area contributed by atoms with Crippen molar-refractivity contribution in [1.82, 2.24) is 35.8 Å². The Hall–Kier alpha value is -4.63. The van der Waals surface area contributed by atoms with Gasteiger partial charge < -0.3 is 25.3 Å². The summed E-state index contributed by atoms with van der Waals surface area (Å²) in [6.07, 6.45) is 8.59. The third kappa shape index (κ3) is 12.0. The van der Waals surface area contributed by atoms with Gasteiger partial charge in [0.1, 0.15) is 12.4 Å². The van der Waals surface area contributed by atoms with Crippen LogP contribution < -0.4 is 21.4 Å². The number of alkyl halides is 1. The number of amidine groups is 1. The lowest BCUT2D eigenvalue weighted by Gasteiger charge is -2.28. The third-order valence-electron chi connectivity index (χ3n) is 12.5. The van der Waals surface area contributed by atoms with E-state index in [0.717, 1.165) is 64.4 Å². The normalized spacial score (nSPS) is 21.2.